The van der Waals surface area contributed by atoms with Crippen LogP contribution in [-0.4, -0.2) is 3.68 Å². The zero-order chi connectivity index (χ0) is 7.33. The molecular formula is C7H14FI. The smallest absolute Gasteiger partial charge is 0.161 e. The fraction of sp³-hybridized carbons (Fsp3) is 1.00. The maximum atomic E-state index is 13.1. The van der Waals surface area contributed by atoms with Gasteiger partial charge in [0.2, 0.25) is 0 Å². The van der Waals surface area contributed by atoms with E-state index in [-0.39, 0.29) is 0 Å². The molecule has 0 aromatic carbocycles. The Hall–Kier alpha value is 0.660. The van der Waals surface area contributed by atoms with Crippen molar-refractivity contribution in [1.82, 2.24) is 0 Å². The highest BCUT2D eigenvalue weighted by atomic mass is 127. The molecule has 0 aliphatic carbocycles. The summed E-state index contributed by atoms with van der Waals surface area (Å²) in [6.45, 7) is 4.03. The van der Waals surface area contributed by atoms with Crippen LogP contribution in [0.3, 0.4) is 0 Å². The van der Waals surface area contributed by atoms with E-state index in [9.17, 15) is 4.39 Å². The minimum absolute atomic E-state index is 0.696. The lowest BCUT2D eigenvalue weighted by atomic mass is 10.1. The molecule has 56 valence electrons. The Morgan fingerprint density at radius 3 is 1.78 bits per heavy atom. The van der Waals surface area contributed by atoms with Crippen molar-refractivity contribution in [2.24, 2.45) is 0 Å². The summed E-state index contributed by atoms with van der Waals surface area (Å²) in [7, 11) is 0. The molecule has 0 heterocycles. The van der Waals surface area contributed by atoms with Crippen molar-refractivity contribution in [3.8, 4) is 0 Å². The van der Waals surface area contributed by atoms with Gasteiger partial charge in [-0.15, -0.1) is 0 Å². The van der Waals surface area contributed by atoms with Crippen LogP contribution >= 0.6 is 22.6 Å². The Kier molecular flexibility index (Phi) is 4.80. The first-order valence-corrected chi connectivity index (χ1v) is 4.58. The van der Waals surface area contributed by atoms with Gasteiger partial charge in [-0.3, -0.25) is 0 Å². The molecule has 0 aromatic heterocycles. The van der Waals surface area contributed by atoms with E-state index in [2.05, 4.69) is 0 Å². The van der Waals surface area contributed by atoms with Gasteiger partial charge in [0.05, 0.1) is 0 Å². The van der Waals surface area contributed by atoms with Gasteiger partial charge in [0.15, 0.2) is 3.68 Å². The number of rotatable bonds is 4. The van der Waals surface area contributed by atoms with Crippen molar-refractivity contribution in [3.05, 3.63) is 0 Å². The van der Waals surface area contributed by atoms with Crippen LogP contribution in [0.5, 0.6) is 0 Å². The van der Waals surface area contributed by atoms with Gasteiger partial charge in [-0.05, 0) is 35.4 Å². The van der Waals surface area contributed by atoms with Crippen molar-refractivity contribution in [2.75, 3.05) is 0 Å². The molecule has 0 spiro atoms. The number of alkyl halides is 2. The van der Waals surface area contributed by atoms with Gasteiger partial charge in [-0.2, -0.15) is 0 Å². The minimum atomic E-state index is -0.929. The highest BCUT2D eigenvalue weighted by molar-refractivity contribution is 14.1. The summed E-state index contributed by atoms with van der Waals surface area (Å²) in [5, 5.41) is 0. The Morgan fingerprint density at radius 2 is 1.56 bits per heavy atom. The highest BCUT2D eigenvalue weighted by Gasteiger charge is 2.21. The third-order valence-electron chi connectivity index (χ3n) is 1.23. The van der Waals surface area contributed by atoms with Crippen LogP contribution in [-0.2, 0) is 0 Å². The van der Waals surface area contributed by atoms with Gasteiger partial charge >= 0.3 is 0 Å². The predicted molar refractivity (Wildman–Crippen MR) is 47.7 cm³/mol. The summed E-state index contributed by atoms with van der Waals surface area (Å²) < 4.78 is 12.1. The number of halogens is 2. The van der Waals surface area contributed by atoms with Gasteiger partial charge < -0.3 is 0 Å². The van der Waals surface area contributed by atoms with Crippen molar-refractivity contribution < 1.29 is 4.39 Å². The van der Waals surface area contributed by atoms with Gasteiger partial charge in [0.25, 0.3) is 0 Å². The zero-order valence-electron chi connectivity index (χ0n) is 6.08. The normalized spacial score (nSPS) is 12.0. The van der Waals surface area contributed by atoms with E-state index in [1.54, 1.807) is 0 Å². The Balaban J connectivity index is 3.43. The SMILES string of the molecule is CCCC(F)(I)CCC. The number of hydrogen-bond acceptors (Lipinski definition) is 0. The largest absolute Gasteiger partial charge is 0.232 e. The average Bonchev–Trinajstić information content (AvgIpc) is 1.64. The minimum Gasteiger partial charge on any atom is -0.232 e. The average molecular weight is 244 g/mol. The maximum absolute atomic E-state index is 13.1. The van der Waals surface area contributed by atoms with Crippen molar-refractivity contribution in [2.45, 2.75) is 43.2 Å². The summed E-state index contributed by atoms with van der Waals surface area (Å²) in [6.07, 6.45) is 3.28. The first kappa shape index (κ1) is 9.66. The first-order valence-electron chi connectivity index (χ1n) is 3.50. The van der Waals surface area contributed by atoms with Crippen LogP contribution in [0.25, 0.3) is 0 Å². The van der Waals surface area contributed by atoms with Crippen LogP contribution in [0.15, 0.2) is 0 Å². The molecule has 0 N–H and O–H groups in total. The molecule has 0 fully saturated rings. The fourth-order valence-corrected chi connectivity index (χ4v) is 1.94. The summed E-state index contributed by atoms with van der Waals surface area (Å²) in [5.41, 5.74) is 0. The van der Waals surface area contributed by atoms with Gasteiger partial charge in [0, 0.05) is 0 Å². The lowest BCUT2D eigenvalue weighted by molar-refractivity contribution is 0.271. The molecular weight excluding hydrogens is 230 g/mol. The number of hydrogen-bond donors (Lipinski definition) is 0. The summed E-state index contributed by atoms with van der Waals surface area (Å²) in [6, 6.07) is 0. The molecule has 0 amide bonds. The lowest BCUT2D eigenvalue weighted by Gasteiger charge is -2.15. The lowest BCUT2D eigenvalue weighted by Crippen LogP contribution is -2.11. The molecule has 0 unspecified atom stereocenters. The Labute approximate surface area is 70.4 Å². The zero-order valence-corrected chi connectivity index (χ0v) is 8.24. The predicted octanol–water partition coefficient (Wildman–Crippen LogP) is 3.69. The van der Waals surface area contributed by atoms with E-state index in [1.807, 2.05) is 36.4 Å². The van der Waals surface area contributed by atoms with Crippen LogP contribution in [0, 0.1) is 0 Å². The Bertz CT molecular complexity index is 63.3. The van der Waals surface area contributed by atoms with Crippen LogP contribution in [0.1, 0.15) is 39.5 Å². The van der Waals surface area contributed by atoms with Crippen molar-refractivity contribution in [1.29, 1.82) is 0 Å². The molecule has 0 saturated heterocycles. The monoisotopic (exact) mass is 244 g/mol. The highest BCUT2D eigenvalue weighted by Crippen LogP contribution is 2.31. The summed E-state index contributed by atoms with van der Waals surface area (Å²) in [4.78, 5) is 0. The van der Waals surface area contributed by atoms with E-state index < -0.39 is 3.68 Å². The maximum Gasteiger partial charge on any atom is 0.161 e. The molecule has 0 aliphatic heterocycles. The topological polar surface area (TPSA) is 0 Å². The van der Waals surface area contributed by atoms with E-state index in [0.717, 1.165) is 12.8 Å². The quantitative estimate of drug-likeness (QED) is 0.522. The molecule has 0 nitrogen and oxygen atoms in total. The molecule has 9 heavy (non-hydrogen) atoms. The standard InChI is InChI=1S/C7H14FI/c1-3-5-7(8,9)6-4-2/h3-6H2,1-2H3. The molecule has 0 radical (unpaired) electrons. The van der Waals surface area contributed by atoms with Gasteiger partial charge in [-0.1, -0.05) is 26.7 Å². The van der Waals surface area contributed by atoms with Crippen LogP contribution in [0.2, 0.25) is 0 Å². The molecule has 0 aliphatic rings. The van der Waals surface area contributed by atoms with Gasteiger partial charge in [0.1, 0.15) is 0 Å². The van der Waals surface area contributed by atoms with E-state index in [4.69, 9.17) is 0 Å². The summed E-state index contributed by atoms with van der Waals surface area (Å²) >= 11 is 1.91. The second-order valence-corrected chi connectivity index (χ2v) is 4.29. The molecule has 2 heteroatoms. The Morgan fingerprint density at radius 1 is 1.22 bits per heavy atom. The van der Waals surface area contributed by atoms with E-state index in [1.165, 1.54) is 0 Å². The first-order chi connectivity index (χ1) is 4.12. The van der Waals surface area contributed by atoms with E-state index >= 15 is 0 Å². The molecule has 0 rings (SSSR count). The van der Waals surface area contributed by atoms with Crippen LogP contribution < -0.4 is 0 Å². The third kappa shape index (κ3) is 5.12. The molecule has 0 bridgehead atoms. The summed E-state index contributed by atoms with van der Waals surface area (Å²) in [5.74, 6) is 0. The van der Waals surface area contributed by atoms with Gasteiger partial charge in [-0.25, -0.2) is 4.39 Å². The third-order valence-corrected chi connectivity index (χ3v) is 2.31. The fourth-order valence-electron chi connectivity index (χ4n) is 0.857. The van der Waals surface area contributed by atoms with E-state index in [0.29, 0.717) is 12.8 Å². The second kappa shape index (κ2) is 4.47. The van der Waals surface area contributed by atoms with Crippen LogP contribution in [0.4, 0.5) is 4.39 Å². The molecule has 0 atom stereocenters. The molecule has 0 aromatic rings. The second-order valence-electron chi connectivity index (χ2n) is 2.36. The molecule has 0 saturated carbocycles. The van der Waals surface area contributed by atoms with Crippen molar-refractivity contribution >= 4 is 22.6 Å². The van der Waals surface area contributed by atoms with Crippen molar-refractivity contribution in [3.63, 3.8) is 0 Å².